The van der Waals surface area contributed by atoms with Crippen molar-refractivity contribution >= 4 is 131 Å². The summed E-state index contributed by atoms with van der Waals surface area (Å²) in [6.07, 6.45) is 0. The van der Waals surface area contributed by atoms with Crippen LogP contribution in [0.25, 0.3) is 255 Å². The third-order valence-electron chi connectivity index (χ3n) is 29.3. The lowest BCUT2D eigenvalue weighted by Crippen LogP contribution is -2.15. The van der Waals surface area contributed by atoms with Gasteiger partial charge in [0.15, 0.2) is 17.5 Å². The first-order valence-corrected chi connectivity index (χ1v) is 47.2. The molecular formula is C127H83N9O2. The minimum Gasteiger partial charge on any atom is -0.456 e. The van der Waals surface area contributed by atoms with Crippen molar-refractivity contribution in [2.45, 2.75) is 38.5 Å². The van der Waals surface area contributed by atoms with Crippen LogP contribution in [0, 0.1) is 0 Å². The molecule has 0 fully saturated rings. The Morgan fingerprint density at radius 3 is 1.11 bits per heavy atom. The SMILES string of the molecule is CC1(C)c2ccc(-c3ccc4c5cc6c(cc5n(-c5nc(-c7ccccc7)cc(-c7ccccc7)n5)c4c3)oc3ccccc36)cc2-c2cc3c4ccccc4n(-c4ccccc4)c3cc21.CC1(C)c2ccccc2-c2cc3c4ccc(-c5ccc6oc7cc8c(cc7c6c5)c5ccccc5n8-c5ccccc5)cc4n(-c4cccc(-c5nc(-c6ccccc6)nc(-c6ccccc6)n5)c4)c3cc21. The quantitative estimate of drug-likeness (QED) is 0.127. The van der Waals surface area contributed by atoms with E-state index in [1.807, 2.05) is 60.7 Å². The van der Waals surface area contributed by atoms with E-state index in [1.165, 1.54) is 99.1 Å². The Morgan fingerprint density at radius 1 is 0.181 bits per heavy atom. The van der Waals surface area contributed by atoms with Gasteiger partial charge in [-0.25, -0.2) is 24.9 Å². The summed E-state index contributed by atoms with van der Waals surface area (Å²) in [5, 5.41) is 14.0. The second kappa shape index (κ2) is 30.3. The molecule has 0 radical (unpaired) electrons. The van der Waals surface area contributed by atoms with Crippen LogP contribution in [0.4, 0.5) is 0 Å². The average molecular weight is 1770 g/mol. The number of benzene rings is 19. The predicted molar refractivity (Wildman–Crippen MR) is 567 cm³/mol. The molecular weight excluding hydrogens is 1680 g/mol. The zero-order valence-electron chi connectivity index (χ0n) is 75.8. The maximum atomic E-state index is 6.69. The molecule has 0 unspecified atom stereocenters. The molecule has 0 amide bonds. The number of fused-ring (bicyclic) bond motifs is 24. The molecule has 648 valence electrons. The van der Waals surface area contributed by atoms with Crippen LogP contribution in [-0.4, -0.2) is 43.2 Å². The zero-order valence-corrected chi connectivity index (χ0v) is 75.8. The lowest BCUT2D eigenvalue weighted by Gasteiger charge is -2.22. The molecule has 11 heteroatoms. The van der Waals surface area contributed by atoms with E-state index in [1.54, 1.807) is 0 Å². The van der Waals surface area contributed by atoms with Gasteiger partial charge in [-0.1, -0.05) is 319 Å². The highest BCUT2D eigenvalue weighted by Crippen LogP contribution is 2.55. The van der Waals surface area contributed by atoms with E-state index in [-0.39, 0.29) is 10.8 Å². The first kappa shape index (κ1) is 78.7. The Morgan fingerprint density at radius 2 is 0.543 bits per heavy atom. The summed E-state index contributed by atoms with van der Waals surface area (Å²) in [5.41, 5.74) is 37.0. The van der Waals surface area contributed by atoms with Crippen molar-refractivity contribution in [1.82, 2.24) is 43.2 Å². The van der Waals surface area contributed by atoms with Crippen molar-refractivity contribution in [3.05, 3.63) is 453 Å². The summed E-state index contributed by atoms with van der Waals surface area (Å²) in [6, 6.07) is 154. The molecule has 0 saturated carbocycles. The molecule has 19 aromatic carbocycles. The maximum absolute atomic E-state index is 6.69. The number of nitrogens with zero attached hydrogens (tertiary/aromatic N) is 9. The summed E-state index contributed by atoms with van der Waals surface area (Å²) in [7, 11) is 0. The van der Waals surface area contributed by atoms with Gasteiger partial charge in [0.1, 0.15) is 22.3 Å². The molecule has 0 atom stereocenters. The third-order valence-corrected chi connectivity index (χ3v) is 29.3. The molecule has 29 rings (SSSR count). The van der Waals surface area contributed by atoms with Crippen LogP contribution < -0.4 is 0 Å². The summed E-state index contributed by atoms with van der Waals surface area (Å²) in [5.74, 6) is 2.49. The van der Waals surface area contributed by atoms with Gasteiger partial charge in [-0.15, -0.1) is 0 Å². The number of aromatic nitrogens is 9. The van der Waals surface area contributed by atoms with Gasteiger partial charge in [0.2, 0.25) is 5.95 Å². The highest BCUT2D eigenvalue weighted by molar-refractivity contribution is 6.21. The highest BCUT2D eigenvalue weighted by Gasteiger charge is 2.39. The largest absolute Gasteiger partial charge is 0.456 e. The zero-order chi connectivity index (χ0) is 91.3. The van der Waals surface area contributed by atoms with Gasteiger partial charge in [0.25, 0.3) is 0 Å². The smallest absolute Gasteiger partial charge is 0.235 e. The molecule has 11 nitrogen and oxygen atoms in total. The second-order valence-electron chi connectivity index (χ2n) is 37.8. The minimum absolute atomic E-state index is 0.175. The second-order valence-corrected chi connectivity index (χ2v) is 37.8. The van der Waals surface area contributed by atoms with Gasteiger partial charge < -0.3 is 22.5 Å². The third kappa shape index (κ3) is 12.2. The van der Waals surface area contributed by atoms with Crippen LogP contribution >= 0.6 is 0 Å². The van der Waals surface area contributed by atoms with Crippen molar-refractivity contribution in [2.24, 2.45) is 0 Å². The first-order chi connectivity index (χ1) is 67.9. The molecule has 2 aliphatic carbocycles. The Balaban J connectivity index is 0.000000137. The molecule has 8 heterocycles. The summed E-state index contributed by atoms with van der Waals surface area (Å²) in [4.78, 5) is 26.0. The van der Waals surface area contributed by atoms with Crippen molar-refractivity contribution in [2.75, 3.05) is 0 Å². The van der Waals surface area contributed by atoms with Crippen molar-refractivity contribution in [3.63, 3.8) is 0 Å². The topological polar surface area (TPSA) is 110 Å². The molecule has 0 bridgehead atoms. The van der Waals surface area contributed by atoms with Gasteiger partial charge in [-0.3, -0.25) is 4.57 Å². The monoisotopic (exact) mass is 1770 g/mol. The molecule has 0 spiro atoms. The van der Waals surface area contributed by atoms with E-state index in [9.17, 15) is 0 Å². The fourth-order valence-electron chi connectivity index (χ4n) is 22.6. The van der Waals surface area contributed by atoms with Crippen LogP contribution in [0.15, 0.2) is 440 Å². The van der Waals surface area contributed by atoms with Gasteiger partial charge in [-0.05, 0) is 194 Å². The van der Waals surface area contributed by atoms with Crippen molar-refractivity contribution in [3.8, 4) is 124 Å². The number of rotatable bonds is 11. The molecule has 8 aromatic heterocycles. The summed E-state index contributed by atoms with van der Waals surface area (Å²) in [6.45, 7) is 9.45. The number of hydrogen-bond donors (Lipinski definition) is 0. The summed E-state index contributed by atoms with van der Waals surface area (Å²) < 4.78 is 22.7. The van der Waals surface area contributed by atoms with E-state index in [0.717, 1.165) is 155 Å². The predicted octanol–water partition coefficient (Wildman–Crippen LogP) is 32.8. The van der Waals surface area contributed by atoms with Gasteiger partial charge in [0.05, 0.1) is 55.5 Å². The molecule has 0 saturated heterocycles. The van der Waals surface area contributed by atoms with E-state index >= 15 is 0 Å². The van der Waals surface area contributed by atoms with E-state index in [2.05, 4.69) is 416 Å². The molecule has 2 aliphatic rings. The highest BCUT2D eigenvalue weighted by atomic mass is 16.3. The van der Waals surface area contributed by atoms with E-state index in [4.69, 9.17) is 33.8 Å². The normalized spacial score (nSPS) is 13.0. The number of furan rings is 2. The average Bonchev–Trinajstić information content (AvgIpc) is 1.56. The van der Waals surface area contributed by atoms with Crippen LogP contribution in [0.3, 0.4) is 0 Å². The fraction of sp³-hybridized carbons (Fsp3) is 0.0472. The fourth-order valence-corrected chi connectivity index (χ4v) is 22.6. The van der Waals surface area contributed by atoms with Crippen LogP contribution in [-0.2, 0) is 10.8 Å². The van der Waals surface area contributed by atoms with E-state index in [0.29, 0.717) is 23.4 Å². The Kier molecular flexibility index (Phi) is 17.3. The van der Waals surface area contributed by atoms with Crippen molar-refractivity contribution < 1.29 is 8.83 Å². The lowest BCUT2D eigenvalue weighted by atomic mass is 9.82. The van der Waals surface area contributed by atoms with Crippen LogP contribution in [0.2, 0.25) is 0 Å². The number of hydrogen-bond acceptors (Lipinski definition) is 7. The number of para-hydroxylation sites is 5. The molecule has 138 heavy (non-hydrogen) atoms. The standard InChI is InChI=1S/C66H43N5O.C61H40N4O/c1-66(2)55-27-14-12-25-47(55)50-36-51-49-31-29-43(42-30-32-61-53(34-42)54-37-52-48-26-13-15-28-57(48)70(45-22-10-5-11-23-45)60(52)39-62(54)72-61)35-58(49)71(59(51)38-56(50)66)46-24-16-21-44(33-46)65-68-63(40-17-6-3-7-18-40)67-64(69-65)41-19-8-4-9-20-41;1-61(2)50-29-27-39(30-45(50)46-32-47-42-22-12-14-24-54(42)64(56(47)34-51(46)61)41-20-10-5-11-21-41)40-26-28-43-48-33-49-44-23-13-15-25-58(44)66-59(49)36-57(48)65(55(43)31-40)60-62-52(37-16-6-3-7-17-37)35-53(63-60)38-18-8-4-9-19-38/h3-39H,1-2H3;3-36H,1-2H3. The molecule has 0 aliphatic heterocycles. The van der Waals surface area contributed by atoms with Crippen LogP contribution in [0.5, 0.6) is 0 Å². The van der Waals surface area contributed by atoms with Gasteiger partial charge in [-0.2, -0.15) is 0 Å². The Hall–Kier alpha value is -17.9. The Bertz CT molecular complexity index is 9650. The van der Waals surface area contributed by atoms with Gasteiger partial charge >= 0.3 is 0 Å². The maximum Gasteiger partial charge on any atom is 0.235 e. The Labute approximate surface area is 793 Å². The van der Waals surface area contributed by atoms with Crippen LogP contribution in [0.1, 0.15) is 49.9 Å². The molecule has 0 N–H and O–H groups in total. The van der Waals surface area contributed by atoms with E-state index < -0.39 is 0 Å². The van der Waals surface area contributed by atoms with Gasteiger partial charge in [0, 0.05) is 132 Å². The molecule has 27 aromatic rings. The minimum atomic E-state index is -0.190. The first-order valence-electron chi connectivity index (χ1n) is 47.2. The van der Waals surface area contributed by atoms with Crippen molar-refractivity contribution in [1.29, 1.82) is 0 Å². The summed E-state index contributed by atoms with van der Waals surface area (Å²) >= 11 is 0. The lowest BCUT2D eigenvalue weighted by molar-refractivity contribution is 0.661.